The molecule has 0 atom stereocenters. The first-order valence-corrected chi connectivity index (χ1v) is 7.72. The Morgan fingerprint density at radius 3 is 2.53 bits per heavy atom. The fraction of sp³-hybridized carbons (Fsp3) is 0.733. The van der Waals surface area contributed by atoms with Gasteiger partial charge in [0, 0.05) is 28.4 Å². The first-order chi connectivity index (χ1) is 8.92. The Balaban J connectivity index is 2.37. The van der Waals surface area contributed by atoms with Crippen LogP contribution in [0.5, 0.6) is 0 Å². The van der Waals surface area contributed by atoms with Crippen molar-refractivity contribution in [1.29, 1.82) is 0 Å². The van der Waals surface area contributed by atoms with Crippen molar-refractivity contribution in [2.45, 2.75) is 53.3 Å². The van der Waals surface area contributed by atoms with E-state index in [1.807, 2.05) is 18.3 Å². The Morgan fingerprint density at radius 2 is 1.89 bits per heavy atom. The van der Waals surface area contributed by atoms with E-state index in [0.717, 1.165) is 13.2 Å². The van der Waals surface area contributed by atoms with Crippen LogP contribution in [-0.2, 0) is 22.6 Å². The predicted octanol–water partition coefficient (Wildman–Crippen LogP) is 3.50. The molecule has 0 amide bonds. The van der Waals surface area contributed by atoms with Crippen molar-refractivity contribution in [3.05, 3.63) is 21.4 Å². The Bertz CT molecular complexity index is 369. The summed E-state index contributed by atoms with van der Waals surface area (Å²) in [5.74, 6) is 0. The molecule has 0 saturated heterocycles. The minimum Gasteiger partial charge on any atom is -0.379 e. The lowest BCUT2D eigenvalue weighted by atomic mass is 10.1. The van der Waals surface area contributed by atoms with Crippen LogP contribution >= 0.6 is 11.3 Å². The molecule has 0 spiro atoms. The minimum absolute atomic E-state index is 0.159. The molecular weight excluding hydrogens is 258 g/mol. The molecule has 0 unspecified atom stereocenters. The highest BCUT2D eigenvalue weighted by molar-refractivity contribution is 7.12. The summed E-state index contributed by atoms with van der Waals surface area (Å²) in [4.78, 5) is 2.72. The molecule has 1 aromatic rings. The molecule has 19 heavy (non-hydrogen) atoms. The van der Waals surface area contributed by atoms with Gasteiger partial charge in [-0.1, -0.05) is 0 Å². The second-order valence-corrected chi connectivity index (χ2v) is 6.99. The standard InChI is InChI=1S/C15H27NO2S/c1-6-17-7-8-18-11-13-9-14(19-12(13)2)10-16-15(3,4)5/h9,16H,6-8,10-11H2,1-5H3. The fourth-order valence-corrected chi connectivity index (χ4v) is 2.60. The SMILES string of the molecule is CCOCCOCc1cc(CNC(C)(C)C)sc1C. The number of aryl methyl sites for hydroxylation is 1. The Hall–Kier alpha value is -0.420. The van der Waals surface area contributed by atoms with Crippen molar-refractivity contribution in [3.8, 4) is 0 Å². The third-order valence-electron chi connectivity index (χ3n) is 2.70. The first-order valence-electron chi connectivity index (χ1n) is 6.91. The predicted molar refractivity (Wildman–Crippen MR) is 81.8 cm³/mol. The van der Waals surface area contributed by atoms with Crippen LogP contribution in [0.25, 0.3) is 0 Å². The number of hydrogen-bond donors (Lipinski definition) is 1. The van der Waals surface area contributed by atoms with Gasteiger partial charge in [-0.2, -0.15) is 0 Å². The zero-order valence-electron chi connectivity index (χ0n) is 12.8. The quantitative estimate of drug-likeness (QED) is 0.742. The normalized spacial score (nSPS) is 12.1. The van der Waals surface area contributed by atoms with Gasteiger partial charge >= 0.3 is 0 Å². The molecule has 1 N–H and O–H groups in total. The van der Waals surface area contributed by atoms with E-state index >= 15 is 0 Å². The van der Waals surface area contributed by atoms with Crippen molar-refractivity contribution in [2.75, 3.05) is 19.8 Å². The monoisotopic (exact) mass is 285 g/mol. The molecule has 1 aromatic heterocycles. The lowest BCUT2D eigenvalue weighted by Gasteiger charge is -2.19. The van der Waals surface area contributed by atoms with Gasteiger partial charge in [-0.3, -0.25) is 0 Å². The summed E-state index contributed by atoms with van der Waals surface area (Å²) in [7, 11) is 0. The second-order valence-electron chi connectivity index (χ2n) is 5.65. The summed E-state index contributed by atoms with van der Waals surface area (Å²) in [5, 5.41) is 3.51. The van der Waals surface area contributed by atoms with Gasteiger partial charge < -0.3 is 14.8 Å². The van der Waals surface area contributed by atoms with Crippen molar-refractivity contribution in [3.63, 3.8) is 0 Å². The molecule has 0 saturated carbocycles. The maximum Gasteiger partial charge on any atom is 0.0728 e. The van der Waals surface area contributed by atoms with Crippen LogP contribution in [0.4, 0.5) is 0 Å². The molecule has 4 heteroatoms. The van der Waals surface area contributed by atoms with Crippen LogP contribution in [-0.4, -0.2) is 25.4 Å². The Labute approximate surface area is 121 Å². The molecule has 1 rings (SSSR count). The van der Waals surface area contributed by atoms with E-state index in [-0.39, 0.29) is 5.54 Å². The molecule has 0 radical (unpaired) electrons. The summed E-state index contributed by atoms with van der Waals surface area (Å²) in [5.41, 5.74) is 1.46. The third-order valence-corrected chi connectivity index (χ3v) is 3.79. The number of rotatable bonds is 8. The number of thiophene rings is 1. The number of nitrogens with one attached hydrogen (secondary N) is 1. The number of ether oxygens (including phenoxy) is 2. The van der Waals surface area contributed by atoms with Crippen LogP contribution in [0, 0.1) is 6.92 Å². The third kappa shape index (κ3) is 7.06. The largest absolute Gasteiger partial charge is 0.379 e. The molecule has 0 aliphatic rings. The second kappa shape index (κ2) is 8.00. The molecule has 1 heterocycles. The molecule has 110 valence electrons. The highest BCUT2D eigenvalue weighted by atomic mass is 32.1. The maximum atomic E-state index is 5.62. The molecule has 0 aliphatic heterocycles. The summed E-state index contributed by atoms with van der Waals surface area (Å²) in [6.07, 6.45) is 0. The topological polar surface area (TPSA) is 30.5 Å². The van der Waals surface area contributed by atoms with E-state index in [9.17, 15) is 0 Å². The van der Waals surface area contributed by atoms with Crippen molar-refractivity contribution >= 4 is 11.3 Å². The molecule has 3 nitrogen and oxygen atoms in total. The van der Waals surface area contributed by atoms with Crippen molar-refractivity contribution in [2.24, 2.45) is 0 Å². The molecule has 0 aromatic carbocycles. The van der Waals surface area contributed by atoms with Gasteiger partial charge in [0.25, 0.3) is 0 Å². The van der Waals surface area contributed by atoms with Crippen molar-refractivity contribution in [1.82, 2.24) is 5.32 Å². The fourth-order valence-electron chi connectivity index (χ4n) is 1.61. The van der Waals surface area contributed by atoms with Crippen LogP contribution < -0.4 is 5.32 Å². The molecule has 0 bridgehead atoms. The Morgan fingerprint density at radius 1 is 1.21 bits per heavy atom. The van der Waals surface area contributed by atoms with Gasteiger partial charge in [-0.05, 0) is 46.2 Å². The highest BCUT2D eigenvalue weighted by Gasteiger charge is 2.11. The zero-order chi connectivity index (χ0) is 14.3. The summed E-state index contributed by atoms with van der Waals surface area (Å²) in [6.45, 7) is 14.4. The summed E-state index contributed by atoms with van der Waals surface area (Å²) in [6, 6.07) is 2.25. The lowest BCUT2D eigenvalue weighted by molar-refractivity contribution is 0.0452. The maximum absolute atomic E-state index is 5.62. The smallest absolute Gasteiger partial charge is 0.0728 e. The van der Waals surface area contributed by atoms with Crippen molar-refractivity contribution < 1.29 is 9.47 Å². The van der Waals surface area contributed by atoms with E-state index < -0.39 is 0 Å². The highest BCUT2D eigenvalue weighted by Crippen LogP contribution is 2.22. The summed E-state index contributed by atoms with van der Waals surface area (Å²) >= 11 is 1.85. The van der Waals surface area contributed by atoms with E-state index in [4.69, 9.17) is 9.47 Å². The van der Waals surface area contributed by atoms with Gasteiger partial charge in [-0.15, -0.1) is 11.3 Å². The van der Waals surface area contributed by atoms with Crippen LogP contribution in [0.15, 0.2) is 6.07 Å². The van der Waals surface area contributed by atoms with Gasteiger partial charge in [0.2, 0.25) is 0 Å². The van der Waals surface area contributed by atoms with Gasteiger partial charge in [-0.25, -0.2) is 0 Å². The lowest BCUT2D eigenvalue weighted by Crippen LogP contribution is -2.34. The van der Waals surface area contributed by atoms with Crippen LogP contribution in [0.3, 0.4) is 0 Å². The van der Waals surface area contributed by atoms with Gasteiger partial charge in [0.15, 0.2) is 0 Å². The molecular formula is C15H27NO2S. The number of hydrogen-bond acceptors (Lipinski definition) is 4. The Kier molecular flexibility index (Phi) is 7.00. The molecule has 0 aliphatic carbocycles. The van der Waals surface area contributed by atoms with E-state index in [1.54, 1.807) is 0 Å². The first kappa shape index (κ1) is 16.6. The molecule has 0 fully saturated rings. The van der Waals surface area contributed by atoms with Gasteiger partial charge in [0.1, 0.15) is 0 Å². The van der Waals surface area contributed by atoms with E-state index in [1.165, 1.54) is 15.3 Å². The minimum atomic E-state index is 0.159. The van der Waals surface area contributed by atoms with Crippen LogP contribution in [0.1, 0.15) is 43.0 Å². The zero-order valence-corrected chi connectivity index (χ0v) is 13.7. The summed E-state index contributed by atoms with van der Waals surface area (Å²) < 4.78 is 10.9. The average molecular weight is 285 g/mol. The average Bonchev–Trinajstić information content (AvgIpc) is 2.67. The van der Waals surface area contributed by atoms with E-state index in [2.05, 4.69) is 39.1 Å². The van der Waals surface area contributed by atoms with E-state index in [0.29, 0.717) is 19.8 Å². The van der Waals surface area contributed by atoms with Gasteiger partial charge in [0.05, 0.1) is 19.8 Å². The van der Waals surface area contributed by atoms with Crippen LogP contribution in [0.2, 0.25) is 0 Å².